The number of benzene rings is 5. The number of ether oxygens (including phenoxy) is 2. The maximum Gasteiger partial charge on any atom is 0.336 e. The van der Waals surface area contributed by atoms with E-state index in [2.05, 4.69) is 24.5 Å². The van der Waals surface area contributed by atoms with E-state index in [1.807, 2.05) is 48.5 Å². The molecule has 0 fully saturated rings. The van der Waals surface area contributed by atoms with E-state index in [1.165, 1.54) is 54.6 Å². The van der Waals surface area contributed by atoms with Crippen molar-refractivity contribution < 1.29 is 38.9 Å². The van der Waals surface area contributed by atoms with E-state index in [9.17, 15) is 29.4 Å². The highest BCUT2D eigenvalue weighted by molar-refractivity contribution is 6.12. The number of nitrogens with one attached hydrogen (secondary N) is 2. The van der Waals surface area contributed by atoms with Gasteiger partial charge in [-0.3, -0.25) is 9.59 Å². The standard InChI is InChI=1S/C39H34N2O8/c1-23-5-19-31(34(21-23)38(46)47)35(42)40-26-10-12-27(13-11-26)41-36(43)33-22-30(18-20-32(33)37(44)45)49-29-16-8-25(9-17-29)39(2,3)24-6-14-28(48-4)15-7-24/h5-22H,1-4H3,(H,40,42)(H,41,43)(H,44,45)(H,46,47). The molecule has 0 aliphatic rings. The van der Waals surface area contributed by atoms with Crippen molar-refractivity contribution in [1.29, 1.82) is 0 Å². The number of carboxylic acid groups (broad SMARTS) is 2. The van der Waals surface area contributed by atoms with Crippen LogP contribution in [0.5, 0.6) is 17.2 Å². The first-order chi connectivity index (χ1) is 23.3. The van der Waals surface area contributed by atoms with Crippen molar-refractivity contribution in [1.82, 2.24) is 0 Å². The first-order valence-corrected chi connectivity index (χ1v) is 15.2. The molecule has 5 aromatic carbocycles. The molecule has 0 spiro atoms. The lowest BCUT2D eigenvalue weighted by Crippen LogP contribution is -2.18. The van der Waals surface area contributed by atoms with E-state index in [1.54, 1.807) is 20.1 Å². The highest BCUT2D eigenvalue weighted by Crippen LogP contribution is 2.34. The Morgan fingerprint density at radius 1 is 0.551 bits per heavy atom. The largest absolute Gasteiger partial charge is 0.497 e. The molecule has 49 heavy (non-hydrogen) atoms. The molecule has 5 rings (SSSR count). The summed E-state index contributed by atoms with van der Waals surface area (Å²) < 4.78 is 11.3. The minimum absolute atomic E-state index is 0.00659. The number of methoxy groups -OCH3 is 1. The number of hydrogen-bond donors (Lipinski definition) is 4. The second-order valence-corrected chi connectivity index (χ2v) is 11.8. The molecule has 10 nitrogen and oxygen atoms in total. The number of carbonyl (C=O) groups excluding carboxylic acids is 2. The molecule has 0 heterocycles. The van der Waals surface area contributed by atoms with Crippen LogP contribution in [-0.4, -0.2) is 41.1 Å². The molecule has 10 heteroatoms. The van der Waals surface area contributed by atoms with Crippen LogP contribution in [0.4, 0.5) is 11.4 Å². The highest BCUT2D eigenvalue weighted by Gasteiger charge is 2.24. The summed E-state index contributed by atoms with van der Waals surface area (Å²) in [4.78, 5) is 49.7. The van der Waals surface area contributed by atoms with E-state index in [4.69, 9.17) is 9.47 Å². The van der Waals surface area contributed by atoms with E-state index in [0.29, 0.717) is 22.7 Å². The zero-order chi connectivity index (χ0) is 35.3. The van der Waals surface area contributed by atoms with Crippen LogP contribution < -0.4 is 20.1 Å². The fourth-order valence-electron chi connectivity index (χ4n) is 5.28. The highest BCUT2D eigenvalue weighted by atomic mass is 16.5. The maximum atomic E-state index is 13.3. The van der Waals surface area contributed by atoms with Crippen molar-refractivity contribution in [2.24, 2.45) is 0 Å². The summed E-state index contributed by atoms with van der Waals surface area (Å²) in [5, 5.41) is 24.6. The average Bonchev–Trinajstić information content (AvgIpc) is 3.09. The number of aryl methyl sites for hydroxylation is 1. The molecule has 248 valence electrons. The van der Waals surface area contributed by atoms with Gasteiger partial charge in [0, 0.05) is 16.8 Å². The molecular formula is C39H34N2O8. The predicted octanol–water partition coefficient (Wildman–Crippen LogP) is 8.02. The Morgan fingerprint density at radius 3 is 1.53 bits per heavy atom. The van der Waals surface area contributed by atoms with Crippen LogP contribution in [0.25, 0.3) is 0 Å². The molecule has 5 aromatic rings. The van der Waals surface area contributed by atoms with Gasteiger partial charge >= 0.3 is 11.9 Å². The molecule has 0 radical (unpaired) electrons. The van der Waals surface area contributed by atoms with Crippen LogP contribution in [-0.2, 0) is 5.41 Å². The molecule has 0 aromatic heterocycles. The summed E-state index contributed by atoms with van der Waals surface area (Å²) >= 11 is 0. The number of aromatic carboxylic acids is 2. The summed E-state index contributed by atoms with van der Waals surface area (Å²) in [7, 11) is 1.63. The molecule has 0 aliphatic heterocycles. The van der Waals surface area contributed by atoms with E-state index >= 15 is 0 Å². The van der Waals surface area contributed by atoms with Gasteiger partial charge in [-0.1, -0.05) is 49.7 Å². The second-order valence-electron chi connectivity index (χ2n) is 11.8. The number of carbonyl (C=O) groups is 4. The fourth-order valence-corrected chi connectivity index (χ4v) is 5.28. The van der Waals surface area contributed by atoms with Gasteiger partial charge in [-0.15, -0.1) is 0 Å². The quantitative estimate of drug-likeness (QED) is 0.111. The van der Waals surface area contributed by atoms with Gasteiger partial charge in [-0.2, -0.15) is 0 Å². The van der Waals surface area contributed by atoms with E-state index in [0.717, 1.165) is 16.9 Å². The molecule has 0 atom stereocenters. The van der Waals surface area contributed by atoms with Gasteiger partial charge in [0.25, 0.3) is 11.8 Å². The van der Waals surface area contributed by atoms with Crippen LogP contribution in [0.3, 0.4) is 0 Å². The van der Waals surface area contributed by atoms with Gasteiger partial charge in [-0.25, -0.2) is 9.59 Å². The topological polar surface area (TPSA) is 151 Å². The zero-order valence-electron chi connectivity index (χ0n) is 27.2. The van der Waals surface area contributed by atoms with Crippen molar-refractivity contribution in [3.63, 3.8) is 0 Å². The van der Waals surface area contributed by atoms with Gasteiger partial charge in [-0.05, 0) is 96.9 Å². The third kappa shape index (κ3) is 7.77. The molecule has 4 N–H and O–H groups in total. The van der Waals surface area contributed by atoms with Crippen LogP contribution >= 0.6 is 0 Å². The molecule has 0 saturated carbocycles. The minimum Gasteiger partial charge on any atom is -0.497 e. The van der Waals surface area contributed by atoms with Crippen LogP contribution in [0, 0.1) is 6.92 Å². The Bertz CT molecular complexity index is 2030. The fraction of sp³-hybridized carbons (Fsp3) is 0.128. The number of carboxylic acids is 2. The molecular weight excluding hydrogens is 624 g/mol. The summed E-state index contributed by atoms with van der Waals surface area (Å²) in [5.41, 5.74) is 2.83. The Kier molecular flexibility index (Phi) is 9.79. The van der Waals surface area contributed by atoms with Crippen LogP contribution in [0.15, 0.2) is 109 Å². The molecule has 0 unspecified atom stereocenters. The summed E-state index contributed by atoms with van der Waals surface area (Å²) in [6.07, 6.45) is 0. The monoisotopic (exact) mass is 658 g/mol. The van der Waals surface area contributed by atoms with Gasteiger partial charge < -0.3 is 30.3 Å². The second kappa shape index (κ2) is 14.1. The number of anilines is 2. The predicted molar refractivity (Wildman–Crippen MR) is 186 cm³/mol. The third-order valence-electron chi connectivity index (χ3n) is 8.14. The summed E-state index contributed by atoms with van der Waals surface area (Å²) in [5.74, 6) is -2.23. The Labute approximate surface area is 283 Å². The normalized spacial score (nSPS) is 10.9. The lowest BCUT2D eigenvalue weighted by atomic mass is 9.78. The lowest BCUT2D eigenvalue weighted by molar-refractivity contribution is 0.0683. The smallest absolute Gasteiger partial charge is 0.336 e. The third-order valence-corrected chi connectivity index (χ3v) is 8.14. The summed E-state index contributed by atoms with van der Waals surface area (Å²) in [6, 6.07) is 30.2. The van der Waals surface area contributed by atoms with E-state index in [-0.39, 0.29) is 33.4 Å². The SMILES string of the molecule is COc1ccc(C(C)(C)c2ccc(Oc3ccc(C(=O)O)c(C(=O)Nc4ccc(NC(=O)c5ccc(C)cc5C(=O)O)cc4)c3)cc2)cc1. The minimum atomic E-state index is -1.28. The summed E-state index contributed by atoms with van der Waals surface area (Å²) in [6.45, 7) is 5.96. The lowest BCUT2D eigenvalue weighted by Gasteiger charge is -2.26. The Morgan fingerprint density at radius 2 is 1.02 bits per heavy atom. The number of rotatable bonds is 11. The van der Waals surface area contributed by atoms with Crippen LogP contribution in [0.1, 0.15) is 72.0 Å². The zero-order valence-corrected chi connectivity index (χ0v) is 27.2. The van der Waals surface area contributed by atoms with Gasteiger partial charge in [0.1, 0.15) is 17.2 Å². The van der Waals surface area contributed by atoms with E-state index < -0.39 is 23.8 Å². The van der Waals surface area contributed by atoms with Gasteiger partial charge in [0.2, 0.25) is 0 Å². The Balaban J connectivity index is 1.28. The van der Waals surface area contributed by atoms with Crippen molar-refractivity contribution in [3.05, 3.63) is 148 Å². The number of hydrogen-bond acceptors (Lipinski definition) is 6. The van der Waals surface area contributed by atoms with Gasteiger partial charge in [0.05, 0.1) is 29.4 Å². The first-order valence-electron chi connectivity index (χ1n) is 15.2. The van der Waals surface area contributed by atoms with Gasteiger partial charge in [0.15, 0.2) is 0 Å². The Hall–Kier alpha value is -6.42. The molecule has 0 bridgehead atoms. The molecule has 2 amide bonds. The van der Waals surface area contributed by atoms with Crippen molar-refractivity contribution in [2.75, 3.05) is 17.7 Å². The van der Waals surface area contributed by atoms with Crippen molar-refractivity contribution in [2.45, 2.75) is 26.2 Å². The van der Waals surface area contributed by atoms with Crippen molar-refractivity contribution >= 4 is 35.1 Å². The number of amides is 2. The molecule has 0 saturated heterocycles. The van der Waals surface area contributed by atoms with Crippen molar-refractivity contribution in [3.8, 4) is 17.2 Å². The maximum absolute atomic E-state index is 13.3. The average molecular weight is 659 g/mol. The first kappa shape index (κ1) is 33.9. The van der Waals surface area contributed by atoms with Crippen LogP contribution in [0.2, 0.25) is 0 Å². The molecule has 0 aliphatic carbocycles.